The predicted octanol–water partition coefficient (Wildman–Crippen LogP) is 14.2. The molecule has 1 heterocycles. The Bertz CT molecular complexity index is 2610. The molecule has 0 bridgehead atoms. The van der Waals surface area contributed by atoms with Gasteiger partial charge in [0.1, 0.15) is 23.3 Å². The number of carbonyl (C=O) groups excluding carboxylic acids is 3. The first-order valence-corrected chi connectivity index (χ1v) is 24.3. The molecular weight excluding hydrogens is 921 g/mol. The summed E-state index contributed by atoms with van der Waals surface area (Å²) in [5, 5.41) is 12.6. The largest absolute Gasteiger partial charge is 0.480 e. The van der Waals surface area contributed by atoms with Gasteiger partial charge in [0, 0.05) is 57.9 Å². The molecule has 0 aliphatic carbocycles. The summed E-state index contributed by atoms with van der Waals surface area (Å²) < 4.78 is 18.5. The normalized spacial score (nSPS) is 14.8. The van der Waals surface area contributed by atoms with Crippen LogP contribution < -0.4 is 30.0 Å². The van der Waals surface area contributed by atoms with E-state index in [0.29, 0.717) is 51.1 Å². The van der Waals surface area contributed by atoms with E-state index < -0.39 is 30.3 Å². The van der Waals surface area contributed by atoms with Crippen LogP contribution in [0.5, 0.6) is 11.5 Å². The minimum atomic E-state index is -1.24. The number of hydrogen-bond donors (Lipinski definition) is 2. The van der Waals surface area contributed by atoms with Crippen LogP contribution in [0.15, 0.2) is 108 Å². The fourth-order valence-electron chi connectivity index (χ4n) is 7.71. The van der Waals surface area contributed by atoms with Gasteiger partial charge >= 0.3 is 6.09 Å². The zero-order valence-electron chi connectivity index (χ0n) is 40.5. The molecule has 1 aliphatic rings. The number of ether oxygens (including phenoxy) is 3. The maximum absolute atomic E-state index is 14.3. The van der Waals surface area contributed by atoms with E-state index in [-0.39, 0.29) is 32.5 Å². The lowest BCUT2D eigenvalue weighted by Gasteiger charge is -2.31. The van der Waals surface area contributed by atoms with Gasteiger partial charge < -0.3 is 24.4 Å². The van der Waals surface area contributed by atoms with Gasteiger partial charge in [-0.15, -0.1) is 0 Å². The number of nitrogens with one attached hydrogen (secondary N) is 2. The van der Waals surface area contributed by atoms with E-state index in [2.05, 4.69) is 83.1 Å². The first-order chi connectivity index (χ1) is 32.3. The van der Waals surface area contributed by atoms with Gasteiger partial charge in [-0.1, -0.05) is 108 Å². The van der Waals surface area contributed by atoms with Crippen LogP contribution in [-0.2, 0) is 25.2 Å². The lowest BCUT2D eigenvalue weighted by molar-refractivity contribution is -0.123. The minimum absolute atomic E-state index is 0.00601. The average Bonchev–Trinajstić information content (AvgIpc) is 3.64. The first kappa shape index (κ1) is 51.6. The van der Waals surface area contributed by atoms with E-state index in [0.717, 1.165) is 37.2 Å². The molecule has 1 aliphatic heterocycles. The Morgan fingerprint density at radius 2 is 1.37 bits per heavy atom. The Labute approximate surface area is 416 Å². The summed E-state index contributed by atoms with van der Waals surface area (Å²) in [4.78, 5) is 43.2. The molecule has 6 rings (SSSR count). The first-order valence-electron chi connectivity index (χ1n) is 23.2. The van der Waals surface area contributed by atoms with E-state index in [1.807, 2.05) is 37.3 Å². The van der Waals surface area contributed by atoms with Gasteiger partial charge in [-0.05, 0) is 129 Å². The summed E-state index contributed by atoms with van der Waals surface area (Å²) in [5.41, 5.74) is 6.02. The Kier molecular flexibility index (Phi) is 16.8. The van der Waals surface area contributed by atoms with Gasteiger partial charge in [-0.25, -0.2) is 4.79 Å². The smallest absolute Gasteiger partial charge is 0.412 e. The average molecular weight is 983 g/mol. The summed E-state index contributed by atoms with van der Waals surface area (Å²) >= 11 is 19.8. The standard InChI is InChI=1S/C54H62Cl3N5O6/c1-11-45(67-46-29-18-35(53(7,8)12-2)30-42(46)54(9,10)13-3)50(63)58-37-23-27-40(28-24-37)62-51(64)49(48(60-62)34-16-19-36(55)20-17-34)68-47-32-43(56)41(31-44(47)57)33(6)66-52(65)59-38-21-25-39(26-22-38)61(14-4)15-5/h16-33,45,49H,11-15H2,1-10H3,(H,58,63)(H,59,65). The molecule has 3 atom stereocenters. The molecule has 11 nitrogen and oxygen atoms in total. The van der Waals surface area contributed by atoms with Crippen LogP contribution in [0.4, 0.5) is 27.5 Å². The topological polar surface area (TPSA) is 122 Å². The van der Waals surface area contributed by atoms with Gasteiger partial charge in [0.05, 0.1) is 15.7 Å². The summed E-state index contributed by atoms with van der Waals surface area (Å²) in [6, 6.07) is 30.5. The molecule has 0 spiro atoms. The van der Waals surface area contributed by atoms with E-state index >= 15 is 0 Å². The monoisotopic (exact) mass is 981 g/mol. The quantitative estimate of drug-likeness (QED) is 0.0845. The maximum atomic E-state index is 14.3. The van der Waals surface area contributed by atoms with E-state index in [9.17, 15) is 14.4 Å². The second kappa shape index (κ2) is 22.1. The zero-order valence-corrected chi connectivity index (χ0v) is 42.8. The van der Waals surface area contributed by atoms with Gasteiger partial charge in [0.15, 0.2) is 6.10 Å². The Balaban J connectivity index is 1.16. The Hall–Kier alpha value is -5.75. The maximum Gasteiger partial charge on any atom is 0.412 e. The molecule has 360 valence electrons. The molecule has 14 heteroatoms. The molecule has 5 aromatic carbocycles. The number of carbonyl (C=O) groups is 3. The number of halogens is 3. The van der Waals surface area contributed by atoms with Crippen molar-refractivity contribution >= 4 is 81.2 Å². The van der Waals surface area contributed by atoms with Crippen molar-refractivity contribution in [3.8, 4) is 11.5 Å². The molecular formula is C54H62Cl3N5O6. The highest BCUT2D eigenvalue weighted by molar-refractivity contribution is 6.35. The highest BCUT2D eigenvalue weighted by atomic mass is 35.5. The highest BCUT2D eigenvalue weighted by Gasteiger charge is 2.40. The number of benzene rings is 5. The lowest BCUT2D eigenvalue weighted by atomic mass is 9.76. The van der Waals surface area contributed by atoms with Gasteiger partial charge in [-0.3, -0.25) is 14.9 Å². The Morgan fingerprint density at radius 1 is 0.750 bits per heavy atom. The SMILES string of the molecule is CCC(Oc1ccc(C(C)(C)CC)cc1C(C)(C)CC)C(=O)Nc1ccc(N2N=C(c3ccc(Cl)cc3)C(Oc3cc(Cl)c(C(C)OC(=O)Nc4ccc(N(CC)CC)cc4)cc3Cl)C2=O)cc1. The van der Waals surface area contributed by atoms with Crippen molar-refractivity contribution in [1.29, 1.82) is 0 Å². The third kappa shape index (κ3) is 11.9. The fraction of sp³-hybridized carbons (Fsp3) is 0.370. The molecule has 3 unspecified atom stereocenters. The number of rotatable bonds is 19. The molecule has 0 saturated heterocycles. The van der Waals surface area contributed by atoms with Crippen molar-refractivity contribution in [3.05, 3.63) is 140 Å². The number of nitrogens with zero attached hydrogens (tertiary/aromatic N) is 3. The van der Waals surface area contributed by atoms with Gasteiger partial charge in [-0.2, -0.15) is 10.1 Å². The lowest BCUT2D eigenvalue weighted by Crippen LogP contribution is -2.37. The molecule has 2 N–H and O–H groups in total. The van der Waals surface area contributed by atoms with Crippen LogP contribution in [0.25, 0.3) is 0 Å². The fourth-order valence-corrected chi connectivity index (χ4v) is 8.36. The molecule has 5 aromatic rings. The molecule has 0 radical (unpaired) electrons. The van der Waals surface area contributed by atoms with Gasteiger partial charge in [0.2, 0.25) is 6.10 Å². The summed E-state index contributed by atoms with van der Waals surface area (Å²) in [6.07, 6.45) is -1.14. The van der Waals surface area contributed by atoms with Crippen LogP contribution >= 0.6 is 34.8 Å². The molecule has 0 saturated carbocycles. The van der Waals surface area contributed by atoms with Crippen LogP contribution in [0.1, 0.15) is 117 Å². The highest BCUT2D eigenvalue weighted by Crippen LogP contribution is 2.40. The number of amides is 3. The van der Waals surface area contributed by atoms with Crippen molar-refractivity contribution < 1.29 is 28.6 Å². The molecule has 0 aromatic heterocycles. The van der Waals surface area contributed by atoms with Crippen molar-refractivity contribution in [2.75, 3.05) is 33.6 Å². The molecule has 3 amide bonds. The minimum Gasteiger partial charge on any atom is -0.480 e. The Morgan fingerprint density at radius 3 is 1.97 bits per heavy atom. The van der Waals surface area contributed by atoms with Crippen LogP contribution in [0.3, 0.4) is 0 Å². The third-order valence-corrected chi connectivity index (χ3v) is 13.7. The van der Waals surface area contributed by atoms with Crippen LogP contribution in [0.2, 0.25) is 15.1 Å². The third-order valence-electron chi connectivity index (χ3n) is 12.9. The van der Waals surface area contributed by atoms with Crippen molar-refractivity contribution in [2.24, 2.45) is 5.10 Å². The van der Waals surface area contributed by atoms with Crippen molar-refractivity contribution in [3.63, 3.8) is 0 Å². The summed E-state index contributed by atoms with van der Waals surface area (Å²) in [6.45, 7) is 22.7. The predicted molar refractivity (Wildman–Crippen MR) is 278 cm³/mol. The van der Waals surface area contributed by atoms with E-state index in [4.69, 9.17) is 54.1 Å². The zero-order chi connectivity index (χ0) is 49.5. The van der Waals surface area contributed by atoms with E-state index in [1.165, 1.54) is 16.6 Å². The second-order valence-corrected chi connectivity index (χ2v) is 19.3. The summed E-state index contributed by atoms with van der Waals surface area (Å²) in [5.74, 6) is 0.0127. The van der Waals surface area contributed by atoms with E-state index in [1.54, 1.807) is 61.5 Å². The number of hydrazone groups is 1. The van der Waals surface area contributed by atoms with Crippen LogP contribution in [0, 0.1) is 0 Å². The number of hydrogen-bond acceptors (Lipinski definition) is 8. The van der Waals surface area contributed by atoms with Crippen molar-refractivity contribution in [2.45, 2.75) is 118 Å². The summed E-state index contributed by atoms with van der Waals surface area (Å²) in [7, 11) is 0. The molecule has 0 fully saturated rings. The van der Waals surface area contributed by atoms with Gasteiger partial charge in [0.25, 0.3) is 11.8 Å². The van der Waals surface area contributed by atoms with Crippen LogP contribution in [-0.4, -0.2) is 48.9 Å². The second-order valence-electron chi connectivity index (χ2n) is 18.1. The number of anilines is 4. The molecule has 68 heavy (non-hydrogen) atoms. The van der Waals surface area contributed by atoms with Crippen molar-refractivity contribution in [1.82, 2.24) is 0 Å².